The van der Waals surface area contributed by atoms with Gasteiger partial charge in [0.05, 0.1) is 11.6 Å². The van der Waals surface area contributed by atoms with Gasteiger partial charge in [-0.05, 0) is 50.9 Å². The van der Waals surface area contributed by atoms with Gasteiger partial charge >= 0.3 is 0 Å². The first kappa shape index (κ1) is 29.7. The Labute approximate surface area is 232 Å². The molecule has 0 bridgehead atoms. The van der Waals surface area contributed by atoms with Gasteiger partial charge in [0, 0.05) is 35.7 Å². The van der Waals surface area contributed by atoms with E-state index in [0.29, 0.717) is 13.1 Å². The molecule has 0 heterocycles. The summed E-state index contributed by atoms with van der Waals surface area (Å²) in [5.41, 5.74) is 1.26. The van der Waals surface area contributed by atoms with Crippen molar-refractivity contribution in [3.8, 4) is 5.75 Å². The molecular formula is C29H38FN3O7. The lowest BCUT2D eigenvalue weighted by Gasteiger charge is -2.50. The largest absolute Gasteiger partial charge is 0.510 e. The number of benzene rings is 1. The summed E-state index contributed by atoms with van der Waals surface area (Å²) in [4.78, 5) is 42.6. The average molecular weight is 560 g/mol. The van der Waals surface area contributed by atoms with Crippen LogP contribution in [0.15, 0.2) is 28.7 Å². The first-order valence-corrected chi connectivity index (χ1v) is 13.4. The van der Waals surface area contributed by atoms with Crippen LogP contribution in [-0.4, -0.2) is 86.5 Å². The monoisotopic (exact) mass is 559 g/mol. The number of carbonyl (C=O) groups is 3. The summed E-state index contributed by atoms with van der Waals surface area (Å²) in [5, 5.41) is 44.7. The van der Waals surface area contributed by atoms with Gasteiger partial charge in [-0.3, -0.25) is 24.2 Å². The Kier molecular flexibility index (Phi) is 7.40. The van der Waals surface area contributed by atoms with Crippen LogP contribution in [0.4, 0.5) is 4.39 Å². The second-order valence-corrected chi connectivity index (χ2v) is 12.5. The zero-order chi connectivity index (χ0) is 30.1. The molecule has 3 aliphatic rings. The van der Waals surface area contributed by atoms with Crippen LogP contribution in [-0.2, 0) is 22.6 Å². The maximum absolute atomic E-state index is 16.0. The number of hydrogen-bond donors (Lipinski definition) is 5. The van der Waals surface area contributed by atoms with Crippen molar-refractivity contribution in [3.63, 3.8) is 0 Å². The number of aliphatic hydroxyl groups excluding tert-OH is 2. The van der Waals surface area contributed by atoms with E-state index in [1.165, 1.54) is 11.0 Å². The number of amides is 1. The summed E-state index contributed by atoms with van der Waals surface area (Å²) in [6.07, 6.45) is -0.186. The van der Waals surface area contributed by atoms with E-state index in [0.717, 1.165) is 0 Å². The average Bonchev–Trinajstić information content (AvgIpc) is 2.82. The van der Waals surface area contributed by atoms with Crippen LogP contribution in [0.25, 0.3) is 0 Å². The lowest BCUT2D eigenvalue weighted by molar-refractivity contribution is -0.148. The molecule has 4 rings (SSSR count). The fourth-order valence-corrected chi connectivity index (χ4v) is 6.66. The highest BCUT2D eigenvalue weighted by molar-refractivity contribution is 6.24. The minimum absolute atomic E-state index is 0.0000652. The van der Waals surface area contributed by atoms with E-state index in [2.05, 4.69) is 20.8 Å². The van der Waals surface area contributed by atoms with E-state index in [1.807, 2.05) is 11.8 Å². The van der Waals surface area contributed by atoms with Crippen LogP contribution in [0, 0.1) is 23.1 Å². The Balaban J connectivity index is 1.84. The third kappa shape index (κ3) is 4.49. The quantitative estimate of drug-likeness (QED) is 0.328. The van der Waals surface area contributed by atoms with E-state index in [9.17, 15) is 34.8 Å². The number of hydrogen-bond acceptors (Lipinski definition) is 9. The van der Waals surface area contributed by atoms with E-state index >= 15 is 4.39 Å². The second-order valence-electron chi connectivity index (χ2n) is 12.5. The van der Waals surface area contributed by atoms with Crippen molar-refractivity contribution >= 4 is 17.5 Å². The van der Waals surface area contributed by atoms with Crippen molar-refractivity contribution in [2.45, 2.75) is 58.7 Å². The van der Waals surface area contributed by atoms with Crippen molar-refractivity contribution in [3.05, 3.63) is 51.2 Å². The predicted molar refractivity (Wildman–Crippen MR) is 144 cm³/mol. The number of nitrogens with zero attached hydrogens (tertiary/aromatic N) is 2. The van der Waals surface area contributed by atoms with E-state index in [-0.39, 0.29) is 47.1 Å². The summed E-state index contributed by atoms with van der Waals surface area (Å²) in [5.74, 6) is -8.22. The summed E-state index contributed by atoms with van der Waals surface area (Å²) in [6, 6.07) is 0.0978. The van der Waals surface area contributed by atoms with Gasteiger partial charge in [-0.25, -0.2) is 4.39 Å². The molecule has 0 saturated heterocycles. The van der Waals surface area contributed by atoms with Crippen LogP contribution >= 0.6 is 0 Å². The number of Topliss-reactive ketones (excluding diaryl/α,β-unsaturated/α-hetero) is 2. The Bertz CT molecular complexity index is 1360. The second kappa shape index (κ2) is 9.97. The van der Waals surface area contributed by atoms with Crippen LogP contribution in [0.5, 0.6) is 5.75 Å². The topological polar surface area (TPSA) is 165 Å². The van der Waals surface area contributed by atoms with E-state index in [1.54, 1.807) is 14.1 Å². The Morgan fingerprint density at radius 2 is 1.82 bits per heavy atom. The molecule has 0 saturated carbocycles. The minimum atomic E-state index is -2.73. The molecule has 218 valence electrons. The number of fused-ring (bicyclic) bond motifs is 3. The Hall–Kier alpha value is -3.28. The lowest BCUT2D eigenvalue weighted by Crippen LogP contribution is -2.63. The fraction of sp³-hybridized carbons (Fsp3) is 0.552. The molecule has 0 aromatic heterocycles. The van der Waals surface area contributed by atoms with Crippen LogP contribution in [0.2, 0.25) is 0 Å². The lowest BCUT2D eigenvalue weighted by atomic mass is 9.58. The molecule has 1 aromatic rings. The van der Waals surface area contributed by atoms with Gasteiger partial charge < -0.3 is 26.2 Å². The number of phenolic OH excluding ortho intramolecular Hbond substituents is 1. The van der Waals surface area contributed by atoms with Gasteiger partial charge in [0.1, 0.15) is 28.7 Å². The maximum atomic E-state index is 16.0. The number of aromatic hydroxyl groups is 1. The Morgan fingerprint density at radius 3 is 2.35 bits per heavy atom. The minimum Gasteiger partial charge on any atom is -0.510 e. The third-order valence-electron chi connectivity index (χ3n) is 8.27. The molecule has 1 amide bonds. The molecule has 6 N–H and O–H groups in total. The predicted octanol–water partition coefficient (Wildman–Crippen LogP) is 2.13. The number of nitrogens with two attached hydrogens (primary N) is 1. The normalized spacial score (nSPS) is 26.8. The number of phenols is 1. The number of likely N-dealkylation sites (N-methyl/N-ethyl adjacent to an activating group) is 1. The fourth-order valence-electron chi connectivity index (χ4n) is 6.66. The molecular weight excluding hydrogens is 521 g/mol. The molecule has 0 aliphatic heterocycles. The number of halogens is 1. The van der Waals surface area contributed by atoms with Gasteiger partial charge in [0.15, 0.2) is 11.4 Å². The number of rotatable bonds is 6. The summed E-state index contributed by atoms with van der Waals surface area (Å²) < 4.78 is 16.0. The molecule has 0 spiro atoms. The SMILES string of the molecule is CCN(Cc1cc(O)c2c(c1F)C[C@H]1C[C@H]3[C@H](N(C)C)C(O)=C(C(N)=O)C(=O)[C@@]3(O)C(O)=C1C2=O)CC(C)(C)C. The molecule has 0 fully saturated rings. The van der Waals surface area contributed by atoms with Gasteiger partial charge in [-0.15, -0.1) is 0 Å². The number of carbonyl (C=O) groups excluding carboxylic acids is 3. The van der Waals surface area contributed by atoms with Crippen molar-refractivity contribution in [2.24, 2.45) is 23.0 Å². The maximum Gasteiger partial charge on any atom is 0.255 e. The van der Waals surface area contributed by atoms with Gasteiger partial charge in [-0.1, -0.05) is 27.7 Å². The molecule has 4 atom stereocenters. The van der Waals surface area contributed by atoms with Crippen LogP contribution in [0.1, 0.15) is 55.6 Å². The number of ketones is 2. The van der Waals surface area contributed by atoms with Crippen LogP contribution in [0.3, 0.4) is 0 Å². The highest BCUT2D eigenvalue weighted by atomic mass is 19.1. The number of primary amides is 1. The first-order valence-electron chi connectivity index (χ1n) is 13.4. The van der Waals surface area contributed by atoms with E-state index in [4.69, 9.17) is 5.73 Å². The number of aliphatic hydroxyl groups is 3. The third-order valence-corrected chi connectivity index (χ3v) is 8.27. The summed E-state index contributed by atoms with van der Waals surface area (Å²) >= 11 is 0. The molecule has 0 unspecified atom stereocenters. The van der Waals surface area contributed by atoms with Gasteiger partial charge in [0.2, 0.25) is 5.78 Å². The molecule has 10 nitrogen and oxygen atoms in total. The molecule has 11 heteroatoms. The highest BCUT2D eigenvalue weighted by Crippen LogP contribution is 2.52. The van der Waals surface area contributed by atoms with Crippen LogP contribution < -0.4 is 5.73 Å². The molecule has 0 radical (unpaired) electrons. The molecule has 3 aliphatic carbocycles. The number of allylic oxidation sites excluding steroid dienone is 1. The van der Waals surface area contributed by atoms with Crippen molar-refractivity contribution in [1.82, 2.24) is 9.80 Å². The summed E-state index contributed by atoms with van der Waals surface area (Å²) in [7, 11) is 3.10. The highest BCUT2D eigenvalue weighted by Gasteiger charge is 2.63. The van der Waals surface area contributed by atoms with Crippen molar-refractivity contribution < 1.29 is 39.2 Å². The molecule has 1 aromatic carbocycles. The zero-order valence-corrected chi connectivity index (χ0v) is 23.7. The summed E-state index contributed by atoms with van der Waals surface area (Å²) in [6.45, 7) is 9.67. The first-order chi connectivity index (χ1) is 18.4. The van der Waals surface area contributed by atoms with E-state index < -0.39 is 69.6 Å². The van der Waals surface area contributed by atoms with Gasteiger partial charge in [-0.2, -0.15) is 0 Å². The standard InChI is InChI=1S/C29H38FN3O7/c1-7-33(12-28(2,3)4)11-14-10-17(34)19-15(21(14)30)8-13-9-16-22(32(5)6)24(36)20(27(31)39)26(38)29(16,40)25(37)18(13)23(19)35/h10,13,16,22,34,36-37,40H,7-9,11-12H2,1-6H3,(H2,31,39)/t13-,16-,22-,29-/m0/s1. The smallest absolute Gasteiger partial charge is 0.255 e. The zero-order valence-electron chi connectivity index (χ0n) is 23.7. The van der Waals surface area contributed by atoms with Crippen molar-refractivity contribution in [2.75, 3.05) is 27.2 Å². The van der Waals surface area contributed by atoms with Gasteiger partial charge in [0.25, 0.3) is 5.91 Å². The molecule has 40 heavy (non-hydrogen) atoms. The Morgan fingerprint density at radius 1 is 1.20 bits per heavy atom. The van der Waals surface area contributed by atoms with Crippen molar-refractivity contribution in [1.29, 1.82) is 0 Å².